The quantitative estimate of drug-likeness (QED) is 0.775. The fourth-order valence-electron chi connectivity index (χ4n) is 1.93. The molecule has 102 valence electrons. The first-order valence-corrected chi connectivity index (χ1v) is 7.24. The summed E-state index contributed by atoms with van der Waals surface area (Å²) < 4.78 is 0.955. The standard InChI is InChI=1S/C14H22BrNO2/c1-2-16(9-5-11-17)10-8-14(18)12-6-3-4-7-13(12)15/h3-4,6-7,14,17-18H,2,5,8-11H2,1H3. The second-order valence-electron chi connectivity index (χ2n) is 4.34. The molecule has 18 heavy (non-hydrogen) atoms. The summed E-state index contributed by atoms with van der Waals surface area (Å²) in [6, 6.07) is 7.77. The summed E-state index contributed by atoms with van der Waals surface area (Å²) in [5.74, 6) is 0. The number of benzene rings is 1. The van der Waals surface area contributed by atoms with Gasteiger partial charge in [-0.1, -0.05) is 41.1 Å². The highest BCUT2D eigenvalue weighted by molar-refractivity contribution is 9.10. The maximum atomic E-state index is 10.2. The van der Waals surface area contributed by atoms with E-state index >= 15 is 0 Å². The van der Waals surface area contributed by atoms with Crippen LogP contribution in [0.4, 0.5) is 0 Å². The number of aliphatic hydroxyl groups excluding tert-OH is 2. The van der Waals surface area contributed by atoms with Gasteiger partial charge in [0.05, 0.1) is 6.10 Å². The molecular formula is C14H22BrNO2. The summed E-state index contributed by atoms with van der Waals surface area (Å²) >= 11 is 3.46. The molecule has 3 nitrogen and oxygen atoms in total. The van der Waals surface area contributed by atoms with E-state index in [1.165, 1.54) is 0 Å². The van der Waals surface area contributed by atoms with Crippen LogP contribution in [0, 0.1) is 0 Å². The first kappa shape index (κ1) is 15.6. The van der Waals surface area contributed by atoms with Crippen LogP contribution in [0.1, 0.15) is 31.4 Å². The highest BCUT2D eigenvalue weighted by Crippen LogP contribution is 2.25. The van der Waals surface area contributed by atoms with E-state index in [0.29, 0.717) is 6.42 Å². The van der Waals surface area contributed by atoms with Crippen LogP contribution in [0.15, 0.2) is 28.7 Å². The third kappa shape index (κ3) is 5.06. The van der Waals surface area contributed by atoms with Gasteiger partial charge in [0.25, 0.3) is 0 Å². The van der Waals surface area contributed by atoms with E-state index in [4.69, 9.17) is 5.11 Å². The van der Waals surface area contributed by atoms with Gasteiger partial charge in [-0.2, -0.15) is 0 Å². The fourth-order valence-corrected chi connectivity index (χ4v) is 2.48. The van der Waals surface area contributed by atoms with E-state index in [-0.39, 0.29) is 6.61 Å². The summed E-state index contributed by atoms with van der Waals surface area (Å²) in [5, 5.41) is 19.0. The van der Waals surface area contributed by atoms with Gasteiger partial charge in [-0.3, -0.25) is 0 Å². The monoisotopic (exact) mass is 315 g/mol. The normalized spacial score (nSPS) is 12.9. The largest absolute Gasteiger partial charge is 0.396 e. The van der Waals surface area contributed by atoms with Gasteiger partial charge < -0.3 is 15.1 Å². The number of aliphatic hydroxyl groups is 2. The van der Waals surface area contributed by atoms with Crippen molar-refractivity contribution in [2.24, 2.45) is 0 Å². The molecule has 0 aromatic heterocycles. The van der Waals surface area contributed by atoms with Crippen LogP contribution in [0.3, 0.4) is 0 Å². The van der Waals surface area contributed by atoms with Gasteiger partial charge in [-0.25, -0.2) is 0 Å². The van der Waals surface area contributed by atoms with E-state index in [1.54, 1.807) is 0 Å². The molecule has 1 unspecified atom stereocenters. The molecule has 0 amide bonds. The lowest BCUT2D eigenvalue weighted by Crippen LogP contribution is -2.27. The maximum absolute atomic E-state index is 10.2. The second-order valence-corrected chi connectivity index (χ2v) is 5.19. The molecule has 0 heterocycles. The van der Waals surface area contributed by atoms with E-state index in [1.807, 2.05) is 24.3 Å². The molecule has 0 aliphatic rings. The van der Waals surface area contributed by atoms with E-state index < -0.39 is 6.10 Å². The summed E-state index contributed by atoms with van der Waals surface area (Å²) in [5.41, 5.74) is 0.940. The Morgan fingerprint density at radius 2 is 2.00 bits per heavy atom. The Morgan fingerprint density at radius 3 is 2.61 bits per heavy atom. The van der Waals surface area contributed by atoms with Crippen molar-refractivity contribution in [1.29, 1.82) is 0 Å². The minimum atomic E-state index is -0.441. The van der Waals surface area contributed by atoms with Crippen LogP contribution in [-0.4, -0.2) is 41.4 Å². The number of hydrogen-bond acceptors (Lipinski definition) is 3. The lowest BCUT2D eigenvalue weighted by Gasteiger charge is -2.22. The number of halogens is 1. The first-order valence-electron chi connectivity index (χ1n) is 6.44. The predicted molar refractivity (Wildman–Crippen MR) is 77.5 cm³/mol. The highest BCUT2D eigenvalue weighted by Gasteiger charge is 2.12. The Bertz CT molecular complexity index is 346. The molecule has 2 N–H and O–H groups in total. The lowest BCUT2D eigenvalue weighted by atomic mass is 10.1. The zero-order chi connectivity index (χ0) is 13.4. The SMILES string of the molecule is CCN(CCCO)CCC(O)c1ccccc1Br. The van der Waals surface area contributed by atoms with Crippen LogP contribution in [-0.2, 0) is 0 Å². The van der Waals surface area contributed by atoms with Crippen LogP contribution >= 0.6 is 15.9 Å². The Kier molecular flexibility index (Phi) is 7.51. The van der Waals surface area contributed by atoms with E-state index in [2.05, 4.69) is 27.8 Å². The summed E-state index contributed by atoms with van der Waals surface area (Å²) in [4.78, 5) is 2.25. The fraction of sp³-hybridized carbons (Fsp3) is 0.571. The molecule has 1 atom stereocenters. The van der Waals surface area contributed by atoms with E-state index in [9.17, 15) is 5.11 Å². The van der Waals surface area contributed by atoms with Crippen LogP contribution in [0.25, 0.3) is 0 Å². The molecule has 1 rings (SSSR count). The molecule has 0 saturated carbocycles. The smallest absolute Gasteiger partial charge is 0.0813 e. The van der Waals surface area contributed by atoms with Gasteiger partial charge in [-0.05, 0) is 31.0 Å². The van der Waals surface area contributed by atoms with Crippen LogP contribution < -0.4 is 0 Å². The van der Waals surface area contributed by atoms with Crippen molar-refractivity contribution in [3.63, 3.8) is 0 Å². The molecule has 0 aliphatic heterocycles. The molecule has 0 radical (unpaired) electrons. The van der Waals surface area contributed by atoms with Crippen molar-refractivity contribution >= 4 is 15.9 Å². The van der Waals surface area contributed by atoms with Crippen molar-refractivity contribution in [3.05, 3.63) is 34.3 Å². The van der Waals surface area contributed by atoms with Gasteiger partial charge in [0.15, 0.2) is 0 Å². The van der Waals surface area contributed by atoms with Crippen molar-refractivity contribution in [2.75, 3.05) is 26.2 Å². The Labute approximate surface area is 118 Å². The average molecular weight is 316 g/mol. The zero-order valence-corrected chi connectivity index (χ0v) is 12.4. The highest BCUT2D eigenvalue weighted by atomic mass is 79.9. The van der Waals surface area contributed by atoms with Crippen LogP contribution in [0.5, 0.6) is 0 Å². The summed E-state index contributed by atoms with van der Waals surface area (Å²) in [6.07, 6.45) is 1.06. The predicted octanol–water partition coefficient (Wildman–Crippen LogP) is 2.58. The van der Waals surface area contributed by atoms with Gasteiger partial charge in [0.1, 0.15) is 0 Å². The third-order valence-corrected chi connectivity index (χ3v) is 3.78. The van der Waals surface area contributed by atoms with Crippen molar-refractivity contribution in [1.82, 2.24) is 4.90 Å². The number of hydrogen-bond donors (Lipinski definition) is 2. The molecular weight excluding hydrogens is 294 g/mol. The van der Waals surface area contributed by atoms with Gasteiger partial charge >= 0.3 is 0 Å². The molecule has 4 heteroatoms. The Morgan fingerprint density at radius 1 is 1.28 bits per heavy atom. The number of rotatable bonds is 8. The molecule has 0 spiro atoms. The van der Waals surface area contributed by atoms with Gasteiger partial charge in [0, 0.05) is 24.2 Å². The van der Waals surface area contributed by atoms with Gasteiger partial charge in [-0.15, -0.1) is 0 Å². The summed E-state index contributed by atoms with van der Waals surface area (Å²) in [7, 11) is 0. The molecule has 0 fully saturated rings. The average Bonchev–Trinajstić information content (AvgIpc) is 2.39. The Balaban J connectivity index is 2.44. The van der Waals surface area contributed by atoms with Crippen molar-refractivity contribution < 1.29 is 10.2 Å². The first-order chi connectivity index (χ1) is 8.69. The third-order valence-electron chi connectivity index (χ3n) is 3.06. The second kappa shape index (κ2) is 8.64. The van der Waals surface area contributed by atoms with Crippen molar-refractivity contribution in [2.45, 2.75) is 25.9 Å². The topological polar surface area (TPSA) is 43.7 Å². The zero-order valence-electron chi connectivity index (χ0n) is 10.8. The minimum Gasteiger partial charge on any atom is -0.396 e. The molecule has 0 bridgehead atoms. The number of nitrogens with zero attached hydrogens (tertiary/aromatic N) is 1. The lowest BCUT2D eigenvalue weighted by molar-refractivity contribution is 0.139. The van der Waals surface area contributed by atoms with Crippen LogP contribution in [0.2, 0.25) is 0 Å². The van der Waals surface area contributed by atoms with Crippen molar-refractivity contribution in [3.8, 4) is 0 Å². The Hall–Kier alpha value is -0.420. The summed E-state index contributed by atoms with van der Waals surface area (Å²) in [6.45, 7) is 5.00. The maximum Gasteiger partial charge on any atom is 0.0813 e. The minimum absolute atomic E-state index is 0.225. The molecule has 0 saturated heterocycles. The van der Waals surface area contributed by atoms with E-state index in [0.717, 1.165) is 36.1 Å². The van der Waals surface area contributed by atoms with Gasteiger partial charge in [0.2, 0.25) is 0 Å². The molecule has 0 aliphatic carbocycles. The molecule has 1 aromatic carbocycles. The molecule has 1 aromatic rings.